The summed E-state index contributed by atoms with van der Waals surface area (Å²) in [5.41, 5.74) is 16.1. The Morgan fingerprint density at radius 1 is 0.632 bits per heavy atom. The minimum atomic E-state index is -0.143. The van der Waals surface area contributed by atoms with Crippen LogP contribution in [-0.4, -0.2) is 45.1 Å². The number of anilines is 6. The molecule has 0 bridgehead atoms. The molecule has 0 unspecified atom stereocenters. The fourth-order valence-corrected chi connectivity index (χ4v) is 4.06. The summed E-state index contributed by atoms with van der Waals surface area (Å²) in [7, 11) is 0. The van der Waals surface area contributed by atoms with E-state index in [0.29, 0.717) is 56.7 Å². The molecule has 2 aromatic heterocycles. The first-order chi connectivity index (χ1) is 18.5. The molecule has 2 aromatic carbocycles. The van der Waals surface area contributed by atoms with Gasteiger partial charge in [0.25, 0.3) is 0 Å². The third-order valence-corrected chi connectivity index (χ3v) is 5.86. The van der Waals surface area contributed by atoms with Crippen molar-refractivity contribution in [2.75, 3.05) is 22.1 Å². The number of fused-ring (bicyclic) bond motifs is 1. The van der Waals surface area contributed by atoms with Gasteiger partial charge >= 0.3 is 0 Å². The van der Waals surface area contributed by atoms with Gasteiger partial charge in [0.15, 0.2) is 0 Å². The van der Waals surface area contributed by atoms with E-state index in [1.165, 1.54) is 6.33 Å². The molecule has 13 heteroatoms. The average Bonchev–Trinajstić information content (AvgIpc) is 3.59. The van der Waals surface area contributed by atoms with Gasteiger partial charge in [-0.25, -0.2) is 19.9 Å². The SMILES string of the molecule is Nc1ccccc1-c1nc(Nc2ncnc(Nc3nc(-c4ccccc4N)c(O)[nH]3)c3cncc2-3)[nH]c1O. The molecular formula is C25H21N11O2. The number of rotatable bonds is 6. The van der Waals surface area contributed by atoms with Crippen molar-refractivity contribution in [2.24, 2.45) is 0 Å². The Balaban J connectivity index is 1.29. The predicted octanol–water partition coefficient (Wildman–Crippen LogP) is 3.82. The normalized spacial score (nSPS) is 11.1. The maximum Gasteiger partial charge on any atom is 0.218 e. The van der Waals surface area contributed by atoms with E-state index in [9.17, 15) is 10.2 Å². The van der Waals surface area contributed by atoms with Crippen LogP contribution >= 0.6 is 0 Å². The Hall–Kier alpha value is -5.85. The minimum absolute atomic E-state index is 0.143. The van der Waals surface area contributed by atoms with Crippen LogP contribution in [-0.2, 0) is 0 Å². The molecule has 4 heterocycles. The van der Waals surface area contributed by atoms with Crippen molar-refractivity contribution in [3.05, 3.63) is 67.3 Å². The van der Waals surface area contributed by atoms with Crippen LogP contribution in [0.5, 0.6) is 11.8 Å². The fourth-order valence-electron chi connectivity index (χ4n) is 4.06. The monoisotopic (exact) mass is 507 g/mol. The standard InChI is InChI=1S/C25H21N11O2/c26-16-7-3-1-5-12(16)18-22(37)35-24(31-18)33-20-14-9-28-10-15(14)21(30-11-29-20)34-25-32-19(23(38)36-25)13-6-2-4-8-17(13)27/h1-11,37-38H,26-27H2,(H4,29,30,31,32,33,34,35,36). The summed E-state index contributed by atoms with van der Waals surface area (Å²) in [6.07, 6.45) is 4.58. The van der Waals surface area contributed by atoms with Crippen LogP contribution in [0, 0.1) is 0 Å². The predicted molar refractivity (Wildman–Crippen MR) is 143 cm³/mol. The topological polar surface area (TPSA) is 213 Å². The lowest BCUT2D eigenvalue weighted by Crippen LogP contribution is -1.97. The molecule has 0 saturated carbocycles. The van der Waals surface area contributed by atoms with Gasteiger partial charge in [-0.05, 0) is 12.1 Å². The van der Waals surface area contributed by atoms with Crippen molar-refractivity contribution in [2.45, 2.75) is 0 Å². The lowest BCUT2D eigenvalue weighted by atomic mass is 10.1. The molecule has 0 fully saturated rings. The molecule has 38 heavy (non-hydrogen) atoms. The Labute approximate surface area is 215 Å². The summed E-state index contributed by atoms with van der Waals surface area (Å²) < 4.78 is 0. The van der Waals surface area contributed by atoms with Crippen LogP contribution in [0.4, 0.5) is 34.9 Å². The molecule has 2 aliphatic heterocycles. The molecule has 0 aliphatic carbocycles. The first-order valence-electron chi connectivity index (χ1n) is 11.4. The Morgan fingerprint density at radius 3 is 1.53 bits per heavy atom. The maximum absolute atomic E-state index is 10.4. The van der Waals surface area contributed by atoms with E-state index in [1.807, 2.05) is 12.1 Å². The first kappa shape index (κ1) is 22.6. The summed E-state index contributed by atoms with van der Waals surface area (Å²) >= 11 is 0. The third kappa shape index (κ3) is 3.99. The van der Waals surface area contributed by atoms with Gasteiger partial charge in [-0.1, -0.05) is 36.4 Å². The van der Waals surface area contributed by atoms with Crippen LogP contribution in [0.2, 0.25) is 0 Å². The minimum Gasteiger partial charge on any atom is -0.493 e. The van der Waals surface area contributed by atoms with Gasteiger partial charge in [0, 0.05) is 46.0 Å². The molecule has 10 N–H and O–H groups in total. The molecule has 13 nitrogen and oxygen atoms in total. The summed E-state index contributed by atoms with van der Waals surface area (Å²) in [6.45, 7) is 0. The van der Waals surface area contributed by atoms with E-state index < -0.39 is 0 Å². The van der Waals surface area contributed by atoms with E-state index in [4.69, 9.17) is 11.5 Å². The number of para-hydroxylation sites is 2. The molecule has 0 saturated heterocycles. The number of aromatic amines is 2. The highest BCUT2D eigenvalue weighted by atomic mass is 16.3. The Bertz CT molecular complexity index is 1620. The summed E-state index contributed by atoms with van der Waals surface area (Å²) in [5, 5.41) is 27.0. The van der Waals surface area contributed by atoms with Crippen LogP contribution in [0.1, 0.15) is 0 Å². The number of benzene rings is 2. The molecule has 188 valence electrons. The van der Waals surface area contributed by atoms with Gasteiger partial charge < -0.3 is 32.3 Å². The van der Waals surface area contributed by atoms with Crippen LogP contribution in [0.25, 0.3) is 33.6 Å². The van der Waals surface area contributed by atoms with E-state index in [0.717, 1.165) is 0 Å². The molecular weight excluding hydrogens is 486 g/mol. The Kier molecular flexibility index (Phi) is 5.34. The summed E-state index contributed by atoms with van der Waals surface area (Å²) in [4.78, 5) is 27.5. The molecule has 2 aliphatic rings. The first-order valence-corrected chi connectivity index (χ1v) is 11.4. The quantitative estimate of drug-likeness (QED) is 0.152. The molecule has 6 rings (SSSR count). The smallest absolute Gasteiger partial charge is 0.218 e. The van der Waals surface area contributed by atoms with Gasteiger partial charge in [0.05, 0.1) is 0 Å². The number of hydrogen-bond donors (Lipinski definition) is 8. The number of hydrogen-bond acceptors (Lipinski definition) is 11. The van der Waals surface area contributed by atoms with E-state index in [-0.39, 0.29) is 23.7 Å². The number of nitrogens with zero attached hydrogens (tertiary/aromatic N) is 5. The zero-order valence-corrected chi connectivity index (χ0v) is 19.6. The molecule has 0 spiro atoms. The third-order valence-electron chi connectivity index (χ3n) is 5.86. The second kappa shape index (κ2) is 8.98. The molecule has 0 amide bonds. The lowest BCUT2D eigenvalue weighted by Gasteiger charge is -2.05. The zero-order chi connectivity index (χ0) is 26.2. The highest BCUT2D eigenvalue weighted by Gasteiger charge is 2.20. The number of nitrogens with one attached hydrogen (secondary N) is 4. The van der Waals surface area contributed by atoms with Gasteiger partial charge in [-0.15, -0.1) is 0 Å². The van der Waals surface area contributed by atoms with E-state index in [2.05, 4.69) is 45.5 Å². The fraction of sp³-hybridized carbons (Fsp3) is 0. The highest BCUT2D eigenvalue weighted by Crippen LogP contribution is 2.37. The van der Waals surface area contributed by atoms with Gasteiger partial charge in [0.1, 0.15) is 29.4 Å². The largest absolute Gasteiger partial charge is 0.493 e. The molecule has 0 atom stereocenters. The lowest BCUT2D eigenvalue weighted by molar-refractivity contribution is 0.458. The van der Waals surface area contributed by atoms with E-state index >= 15 is 0 Å². The van der Waals surface area contributed by atoms with Crippen molar-refractivity contribution in [3.8, 4) is 45.4 Å². The summed E-state index contributed by atoms with van der Waals surface area (Å²) in [6, 6.07) is 14.2. The van der Waals surface area contributed by atoms with Gasteiger partial charge in [0.2, 0.25) is 23.7 Å². The second-order valence-electron chi connectivity index (χ2n) is 8.30. The number of aromatic hydroxyl groups is 2. The van der Waals surface area contributed by atoms with Crippen LogP contribution in [0.15, 0.2) is 67.3 Å². The van der Waals surface area contributed by atoms with Crippen molar-refractivity contribution >= 4 is 34.9 Å². The van der Waals surface area contributed by atoms with Gasteiger partial charge in [-0.3, -0.25) is 15.0 Å². The Morgan fingerprint density at radius 2 is 1.08 bits per heavy atom. The summed E-state index contributed by atoms with van der Waals surface area (Å²) in [5.74, 6) is 0.986. The van der Waals surface area contributed by atoms with Crippen LogP contribution in [0.3, 0.4) is 0 Å². The van der Waals surface area contributed by atoms with Crippen molar-refractivity contribution in [1.29, 1.82) is 0 Å². The number of aromatic nitrogens is 7. The molecule has 0 radical (unpaired) electrons. The maximum atomic E-state index is 10.4. The molecule has 4 aromatic rings. The average molecular weight is 508 g/mol. The van der Waals surface area contributed by atoms with Crippen molar-refractivity contribution in [3.63, 3.8) is 0 Å². The van der Waals surface area contributed by atoms with Crippen molar-refractivity contribution < 1.29 is 10.2 Å². The number of nitrogen functional groups attached to an aromatic ring is 2. The number of nitrogens with two attached hydrogens (primary N) is 2. The highest BCUT2D eigenvalue weighted by molar-refractivity contribution is 5.86. The second-order valence-corrected chi connectivity index (χ2v) is 8.30. The van der Waals surface area contributed by atoms with Gasteiger partial charge in [-0.2, -0.15) is 0 Å². The number of H-pyrrole nitrogens is 2. The zero-order valence-electron chi connectivity index (χ0n) is 19.6. The number of imidazole rings is 2. The van der Waals surface area contributed by atoms with Crippen LogP contribution < -0.4 is 22.1 Å². The van der Waals surface area contributed by atoms with E-state index in [1.54, 1.807) is 48.8 Å². The van der Waals surface area contributed by atoms with Crippen molar-refractivity contribution in [1.82, 2.24) is 34.9 Å².